The Labute approximate surface area is 147 Å². The molecular formula is C20H32ClNO. The molecule has 0 radical (unpaired) electrons. The summed E-state index contributed by atoms with van der Waals surface area (Å²) in [4.78, 5) is 4.37. The lowest BCUT2D eigenvalue weighted by Gasteiger charge is -2.08. The molecule has 0 fully saturated rings. The second kappa shape index (κ2) is 15.4. The molecule has 1 aromatic carbocycles. The van der Waals surface area contributed by atoms with Crippen molar-refractivity contribution in [1.29, 1.82) is 0 Å². The molecule has 0 amide bonds. The number of hydrogen-bond acceptors (Lipinski definition) is 2. The molecule has 0 bridgehead atoms. The van der Waals surface area contributed by atoms with Crippen molar-refractivity contribution in [2.24, 2.45) is 0 Å². The Hall–Kier alpha value is -1.54. The Morgan fingerprint density at radius 1 is 0.913 bits per heavy atom. The highest BCUT2D eigenvalue weighted by molar-refractivity contribution is 6.32. The molecule has 0 saturated heterocycles. The highest BCUT2D eigenvalue weighted by Gasteiger charge is 2.02. The summed E-state index contributed by atoms with van der Waals surface area (Å²) in [5.41, 5.74) is 3.01. The minimum absolute atomic E-state index is 0.435. The van der Waals surface area contributed by atoms with E-state index in [-0.39, 0.29) is 0 Å². The molecule has 1 aromatic heterocycles. The van der Waals surface area contributed by atoms with Crippen molar-refractivity contribution in [1.82, 2.24) is 4.98 Å². The van der Waals surface area contributed by atoms with Crippen LogP contribution in [0.2, 0.25) is 5.02 Å². The average molecular weight is 338 g/mol. The van der Waals surface area contributed by atoms with Crippen LogP contribution in [-0.4, -0.2) is 4.98 Å². The molecule has 3 heteroatoms. The van der Waals surface area contributed by atoms with E-state index in [9.17, 15) is 0 Å². The largest absolute Gasteiger partial charge is 0.486 e. The lowest BCUT2D eigenvalue weighted by atomic mass is 10.2. The lowest BCUT2D eigenvalue weighted by Crippen LogP contribution is -1.99. The van der Waals surface area contributed by atoms with Crippen molar-refractivity contribution in [3.63, 3.8) is 0 Å². The molecule has 0 saturated carbocycles. The predicted molar refractivity (Wildman–Crippen MR) is 104 cm³/mol. The van der Waals surface area contributed by atoms with Gasteiger partial charge in [-0.1, -0.05) is 65.3 Å². The van der Waals surface area contributed by atoms with Gasteiger partial charge in [-0.25, -0.2) is 0 Å². The average Bonchev–Trinajstić information content (AvgIpc) is 2.60. The van der Waals surface area contributed by atoms with Gasteiger partial charge in [-0.3, -0.25) is 4.98 Å². The van der Waals surface area contributed by atoms with Gasteiger partial charge in [-0.15, -0.1) is 0 Å². The van der Waals surface area contributed by atoms with E-state index in [0.29, 0.717) is 17.4 Å². The highest BCUT2D eigenvalue weighted by Crippen LogP contribution is 2.25. The molecule has 0 spiro atoms. The first-order valence-electron chi connectivity index (χ1n) is 8.46. The van der Waals surface area contributed by atoms with Crippen LogP contribution in [-0.2, 0) is 6.61 Å². The van der Waals surface area contributed by atoms with Gasteiger partial charge >= 0.3 is 0 Å². The fourth-order valence-corrected chi connectivity index (χ4v) is 1.84. The maximum Gasteiger partial charge on any atom is 0.138 e. The summed E-state index contributed by atoms with van der Waals surface area (Å²) in [6.45, 7) is 16.4. The van der Waals surface area contributed by atoms with E-state index in [2.05, 4.69) is 4.98 Å². The van der Waals surface area contributed by atoms with Gasteiger partial charge in [0.15, 0.2) is 0 Å². The van der Waals surface area contributed by atoms with Gasteiger partial charge in [-0.05, 0) is 43.7 Å². The Morgan fingerprint density at radius 2 is 1.52 bits per heavy atom. The van der Waals surface area contributed by atoms with Crippen LogP contribution in [0.1, 0.15) is 58.5 Å². The first kappa shape index (κ1) is 23.7. The van der Waals surface area contributed by atoms with Crippen molar-refractivity contribution in [2.45, 2.75) is 62.0 Å². The van der Waals surface area contributed by atoms with Crippen molar-refractivity contribution in [3.05, 3.63) is 58.4 Å². The fourth-order valence-electron chi connectivity index (χ4n) is 1.55. The third-order valence-corrected chi connectivity index (χ3v) is 2.70. The Kier molecular flexibility index (Phi) is 15.8. The third-order valence-electron chi connectivity index (χ3n) is 2.41. The van der Waals surface area contributed by atoms with Crippen LogP contribution in [0.3, 0.4) is 0 Å². The third kappa shape index (κ3) is 9.96. The van der Waals surface area contributed by atoms with Crippen LogP contribution in [0.5, 0.6) is 5.75 Å². The molecule has 2 rings (SSSR count). The van der Waals surface area contributed by atoms with E-state index in [0.717, 1.165) is 17.0 Å². The van der Waals surface area contributed by atoms with E-state index in [1.54, 1.807) is 0 Å². The lowest BCUT2D eigenvalue weighted by molar-refractivity contribution is 0.301. The summed E-state index contributed by atoms with van der Waals surface area (Å²) in [7, 11) is 0. The number of halogens is 1. The maximum atomic E-state index is 6.08. The van der Waals surface area contributed by atoms with Gasteiger partial charge < -0.3 is 4.74 Å². The number of aryl methyl sites for hydroxylation is 2. The van der Waals surface area contributed by atoms with Gasteiger partial charge in [0, 0.05) is 5.69 Å². The maximum absolute atomic E-state index is 6.08. The molecule has 0 aliphatic carbocycles. The van der Waals surface area contributed by atoms with Gasteiger partial charge in [0.2, 0.25) is 0 Å². The molecule has 2 nitrogen and oxygen atoms in total. The quantitative estimate of drug-likeness (QED) is 0.600. The molecule has 0 aliphatic heterocycles. The van der Waals surface area contributed by atoms with E-state index >= 15 is 0 Å². The van der Waals surface area contributed by atoms with Crippen molar-refractivity contribution in [2.75, 3.05) is 0 Å². The fraction of sp³-hybridized carbons (Fsp3) is 0.450. The van der Waals surface area contributed by atoms with Crippen LogP contribution in [0.25, 0.3) is 0 Å². The predicted octanol–water partition coefficient (Wildman–Crippen LogP) is 7.01. The number of nitrogens with zero attached hydrogens (tertiary/aromatic N) is 1. The summed E-state index contributed by atoms with van der Waals surface area (Å²) < 4.78 is 5.64. The van der Waals surface area contributed by atoms with E-state index < -0.39 is 0 Å². The number of aromatic nitrogens is 1. The van der Waals surface area contributed by atoms with Crippen molar-refractivity contribution >= 4 is 11.6 Å². The number of benzene rings is 1. The minimum atomic E-state index is 0.435. The van der Waals surface area contributed by atoms with Gasteiger partial charge in [0.1, 0.15) is 12.4 Å². The van der Waals surface area contributed by atoms with Gasteiger partial charge in [-0.2, -0.15) is 0 Å². The summed E-state index contributed by atoms with van der Waals surface area (Å²) in [6.07, 6.45) is 0. The Morgan fingerprint density at radius 3 is 2.04 bits per heavy atom. The molecular weight excluding hydrogens is 306 g/mol. The molecule has 2 aromatic rings. The normalized spacial score (nSPS) is 8.39. The van der Waals surface area contributed by atoms with Gasteiger partial charge in [0.05, 0.1) is 10.7 Å². The topological polar surface area (TPSA) is 22.1 Å². The Balaban J connectivity index is 0. The summed E-state index contributed by atoms with van der Waals surface area (Å²) >= 11 is 6.08. The molecule has 0 unspecified atom stereocenters. The smallest absolute Gasteiger partial charge is 0.138 e. The first-order valence-corrected chi connectivity index (χ1v) is 8.84. The zero-order valence-electron chi connectivity index (χ0n) is 15.9. The standard InChI is InChI=1S/C14H14ClNO.3C2H6/c1-10-6-7-14(13(15)8-10)17-9-12-5-3-4-11(2)16-12;3*1-2/h3-8H,9H2,1-2H3;3*1-2H3. The van der Waals surface area contributed by atoms with Crippen molar-refractivity contribution < 1.29 is 4.74 Å². The summed E-state index contributed by atoms with van der Waals surface area (Å²) in [5, 5.41) is 0.637. The van der Waals surface area contributed by atoms with Crippen LogP contribution < -0.4 is 4.74 Å². The van der Waals surface area contributed by atoms with Crippen molar-refractivity contribution in [3.8, 4) is 5.75 Å². The second-order valence-electron chi connectivity index (χ2n) is 3.99. The van der Waals surface area contributed by atoms with E-state index in [1.165, 1.54) is 0 Å². The van der Waals surface area contributed by atoms with Crippen LogP contribution >= 0.6 is 11.6 Å². The molecule has 23 heavy (non-hydrogen) atoms. The molecule has 0 N–H and O–H groups in total. The SMILES string of the molecule is CC.CC.CC.Cc1ccc(OCc2cccc(C)n2)c(Cl)c1. The van der Waals surface area contributed by atoms with Crippen LogP contribution in [0, 0.1) is 13.8 Å². The molecule has 0 aliphatic rings. The zero-order valence-corrected chi connectivity index (χ0v) is 16.7. The molecule has 0 atom stereocenters. The Bertz CT molecular complexity index is 527. The monoisotopic (exact) mass is 337 g/mol. The summed E-state index contributed by atoms with van der Waals surface area (Å²) in [5.74, 6) is 0.695. The summed E-state index contributed by atoms with van der Waals surface area (Å²) in [6, 6.07) is 11.6. The highest BCUT2D eigenvalue weighted by atomic mass is 35.5. The van der Waals surface area contributed by atoms with Crippen LogP contribution in [0.4, 0.5) is 0 Å². The number of pyridine rings is 1. The number of ether oxygens (including phenoxy) is 1. The first-order chi connectivity index (χ1) is 11.1. The number of rotatable bonds is 3. The molecule has 1 heterocycles. The van der Waals surface area contributed by atoms with E-state index in [1.807, 2.05) is 91.8 Å². The second-order valence-corrected chi connectivity index (χ2v) is 4.40. The van der Waals surface area contributed by atoms with Crippen LogP contribution in [0.15, 0.2) is 36.4 Å². The molecule has 130 valence electrons. The number of hydrogen-bond donors (Lipinski definition) is 0. The van der Waals surface area contributed by atoms with E-state index in [4.69, 9.17) is 16.3 Å². The zero-order chi connectivity index (χ0) is 18.3. The van der Waals surface area contributed by atoms with Gasteiger partial charge in [0.25, 0.3) is 0 Å². The minimum Gasteiger partial charge on any atom is -0.486 e.